The maximum Gasteiger partial charge on any atom is 0.0520 e. The molecule has 0 rings (SSSR count). The van der Waals surface area contributed by atoms with Gasteiger partial charge < -0.3 is 5.11 Å². The Hall–Kier alpha value is 0.310. The molecular formula is C8H18OS. The lowest BCUT2D eigenvalue weighted by Gasteiger charge is -2.17. The van der Waals surface area contributed by atoms with E-state index in [-0.39, 0.29) is 6.10 Å². The predicted octanol–water partition coefficient (Wildman–Crippen LogP) is 2.29. The molecule has 0 aromatic heterocycles. The van der Waals surface area contributed by atoms with Gasteiger partial charge in [-0.3, -0.25) is 0 Å². The van der Waals surface area contributed by atoms with Gasteiger partial charge in [0.25, 0.3) is 0 Å². The minimum atomic E-state index is -0.144. The predicted molar refractivity (Wildman–Crippen MR) is 48.5 cm³/mol. The van der Waals surface area contributed by atoms with Gasteiger partial charge in [0, 0.05) is 4.75 Å². The second kappa shape index (κ2) is 4.24. The molecule has 0 aliphatic heterocycles. The zero-order valence-corrected chi connectivity index (χ0v) is 8.16. The Kier molecular flexibility index (Phi) is 4.37. The minimum absolute atomic E-state index is 0.144. The number of hydrogen-bond donors (Lipinski definition) is 1. The Labute approximate surface area is 68.2 Å². The molecule has 0 aliphatic rings. The van der Waals surface area contributed by atoms with Crippen LogP contribution in [0.15, 0.2) is 0 Å². The highest BCUT2D eigenvalue weighted by atomic mass is 32.2. The highest BCUT2D eigenvalue weighted by molar-refractivity contribution is 8.00. The van der Waals surface area contributed by atoms with E-state index in [1.807, 2.05) is 18.7 Å². The first kappa shape index (κ1) is 10.3. The lowest BCUT2D eigenvalue weighted by molar-refractivity contribution is 0.192. The molecule has 0 saturated carbocycles. The van der Waals surface area contributed by atoms with Crippen LogP contribution in [0.3, 0.4) is 0 Å². The third-order valence-electron chi connectivity index (χ3n) is 1.07. The van der Waals surface area contributed by atoms with Crippen molar-refractivity contribution < 1.29 is 5.11 Å². The van der Waals surface area contributed by atoms with Crippen molar-refractivity contribution in [1.82, 2.24) is 0 Å². The van der Waals surface area contributed by atoms with Gasteiger partial charge in [0.05, 0.1) is 6.10 Å². The summed E-state index contributed by atoms with van der Waals surface area (Å²) in [5.74, 6) is 1.06. The average Bonchev–Trinajstić information content (AvgIpc) is 1.59. The van der Waals surface area contributed by atoms with Crippen molar-refractivity contribution >= 4 is 11.8 Å². The first-order chi connectivity index (χ1) is 4.42. The quantitative estimate of drug-likeness (QED) is 0.687. The first-order valence-electron chi connectivity index (χ1n) is 3.74. The van der Waals surface area contributed by atoms with Crippen LogP contribution in [0.1, 0.15) is 34.1 Å². The van der Waals surface area contributed by atoms with Gasteiger partial charge in [0.2, 0.25) is 0 Å². The van der Waals surface area contributed by atoms with Crippen molar-refractivity contribution in [3.63, 3.8) is 0 Å². The van der Waals surface area contributed by atoms with Gasteiger partial charge >= 0.3 is 0 Å². The van der Waals surface area contributed by atoms with E-state index in [0.29, 0.717) is 4.75 Å². The Bertz CT molecular complexity index is 83.7. The maximum atomic E-state index is 8.94. The molecule has 0 spiro atoms. The van der Waals surface area contributed by atoms with Crippen LogP contribution in [-0.2, 0) is 0 Å². The molecule has 1 N–H and O–H groups in total. The SMILES string of the molecule is CC(O)CCSC(C)(C)C. The molecular weight excluding hydrogens is 144 g/mol. The normalized spacial score (nSPS) is 15.3. The molecule has 1 atom stereocenters. The van der Waals surface area contributed by atoms with Crippen molar-refractivity contribution in [3.8, 4) is 0 Å². The molecule has 1 unspecified atom stereocenters. The molecule has 0 aromatic carbocycles. The van der Waals surface area contributed by atoms with Crippen LogP contribution in [0.25, 0.3) is 0 Å². The van der Waals surface area contributed by atoms with Gasteiger partial charge in [-0.25, -0.2) is 0 Å². The van der Waals surface area contributed by atoms with Crippen molar-refractivity contribution in [3.05, 3.63) is 0 Å². The summed E-state index contributed by atoms with van der Waals surface area (Å²) in [6.45, 7) is 8.42. The van der Waals surface area contributed by atoms with E-state index < -0.39 is 0 Å². The van der Waals surface area contributed by atoms with Crippen molar-refractivity contribution in [2.24, 2.45) is 0 Å². The second-order valence-corrected chi connectivity index (χ2v) is 5.52. The smallest absolute Gasteiger partial charge is 0.0520 e. The largest absolute Gasteiger partial charge is 0.393 e. The summed E-state index contributed by atoms with van der Waals surface area (Å²) in [5, 5.41) is 8.94. The first-order valence-corrected chi connectivity index (χ1v) is 4.72. The third-order valence-corrected chi connectivity index (χ3v) is 2.38. The van der Waals surface area contributed by atoms with Crippen LogP contribution in [0.5, 0.6) is 0 Å². The van der Waals surface area contributed by atoms with E-state index in [0.717, 1.165) is 12.2 Å². The van der Waals surface area contributed by atoms with Gasteiger partial charge in [-0.05, 0) is 19.1 Å². The molecule has 1 nitrogen and oxygen atoms in total. The molecule has 10 heavy (non-hydrogen) atoms. The Morgan fingerprint density at radius 3 is 2.20 bits per heavy atom. The van der Waals surface area contributed by atoms with Crippen LogP contribution >= 0.6 is 11.8 Å². The molecule has 0 bridgehead atoms. The highest BCUT2D eigenvalue weighted by Gasteiger charge is 2.09. The Morgan fingerprint density at radius 1 is 1.40 bits per heavy atom. The van der Waals surface area contributed by atoms with Crippen molar-refractivity contribution in [2.45, 2.75) is 45.0 Å². The number of hydrogen-bond acceptors (Lipinski definition) is 2. The Morgan fingerprint density at radius 2 is 1.90 bits per heavy atom. The molecule has 0 heterocycles. The standard InChI is InChI=1S/C8H18OS/c1-7(9)5-6-10-8(2,3)4/h7,9H,5-6H2,1-4H3. The van der Waals surface area contributed by atoms with Crippen LogP contribution in [0.2, 0.25) is 0 Å². The number of aliphatic hydroxyl groups is 1. The van der Waals surface area contributed by atoms with Crippen LogP contribution in [-0.4, -0.2) is 21.7 Å². The van der Waals surface area contributed by atoms with E-state index in [4.69, 9.17) is 5.11 Å². The zero-order valence-electron chi connectivity index (χ0n) is 7.35. The Balaban J connectivity index is 3.21. The molecule has 62 valence electrons. The van der Waals surface area contributed by atoms with E-state index in [9.17, 15) is 0 Å². The summed E-state index contributed by atoms with van der Waals surface area (Å²) in [6, 6.07) is 0. The number of aliphatic hydroxyl groups excluding tert-OH is 1. The summed E-state index contributed by atoms with van der Waals surface area (Å²) in [4.78, 5) is 0. The van der Waals surface area contributed by atoms with Crippen LogP contribution < -0.4 is 0 Å². The fourth-order valence-corrected chi connectivity index (χ4v) is 1.61. The summed E-state index contributed by atoms with van der Waals surface area (Å²) in [5.41, 5.74) is 0. The van der Waals surface area contributed by atoms with Gasteiger partial charge in [-0.2, -0.15) is 11.8 Å². The number of rotatable bonds is 3. The van der Waals surface area contributed by atoms with Crippen LogP contribution in [0.4, 0.5) is 0 Å². The van der Waals surface area contributed by atoms with E-state index >= 15 is 0 Å². The van der Waals surface area contributed by atoms with Crippen LogP contribution in [0, 0.1) is 0 Å². The summed E-state index contributed by atoms with van der Waals surface area (Å²) >= 11 is 1.90. The average molecular weight is 162 g/mol. The molecule has 2 heteroatoms. The van der Waals surface area contributed by atoms with Gasteiger partial charge in [0.15, 0.2) is 0 Å². The van der Waals surface area contributed by atoms with E-state index in [1.54, 1.807) is 0 Å². The maximum absolute atomic E-state index is 8.94. The molecule has 0 aliphatic carbocycles. The zero-order chi connectivity index (χ0) is 8.20. The highest BCUT2D eigenvalue weighted by Crippen LogP contribution is 2.23. The van der Waals surface area contributed by atoms with Gasteiger partial charge in [-0.1, -0.05) is 20.8 Å². The topological polar surface area (TPSA) is 20.2 Å². The third kappa shape index (κ3) is 8.31. The van der Waals surface area contributed by atoms with E-state index in [1.165, 1.54) is 0 Å². The fraction of sp³-hybridized carbons (Fsp3) is 1.00. The van der Waals surface area contributed by atoms with E-state index in [2.05, 4.69) is 20.8 Å². The molecule has 0 amide bonds. The lowest BCUT2D eigenvalue weighted by atomic mass is 10.3. The molecule has 0 saturated heterocycles. The minimum Gasteiger partial charge on any atom is -0.393 e. The lowest BCUT2D eigenvalue weighted by Crippen LogP contribution is -2.10. The molecule has 0 radical (unpaired) electrons. The summed E-state index contributed by atoms with van der Waals surface area (Å²) in [6.07, 6.45) is 0.761. The second-order valence-electron chi connectivity index (χ2n) is 3.60. The molecule has 0 aromatic rings. The van der Waals surface area contributed by atoms with Gasteiger partial charge in [0.1, 0.15) is 0 Å². The van der Waals surface area contributed by atoms with Crippen molar-refractivity contribution in [1.29, 1.82) is 0 Å². The fourth-order valence-electron chi connectivity index (χ4n) is 0.536. The molecule has 0 fully saturated rings. The summed E-state index contributed by atoms with van der Waals surface area (Å²) in [7, 11) is 0. The number of thioether (sulfide) groups is 1. The van der Waals surface area contributed by atoms with Crippen molar-refractivity contribution in [2.75, 3.05) is 5.75 Å². The summed E-state index contributed by atoms with van der Waals surface area (Å²) < 4.78 is 0.342. The van der Waals surface area contributed by atoms with Gasteiger partial charge in [-0.15, -0.1) is 0 Å². The monoisotopic (exact) mass is 162 g/mol.